The molecule has 0 aliphatic carbocycles. The van der Waals surface area contributed by atoms with Crippen LogP contribution >= 0.6 is 11.3 Å². The van der Waals surface area contributed by atoms with Gasteiger partial charge in [-0.15, -0.1) is 11.3 Å². The summed E-state index contributed by atoms with van der Waals surface area (Å²) >= 11 is 0.975. The van der Waals surface area contributed by atoms with Crippen LogP contribution < -0.4 is 5.90 Å². The van der Waals surface area contributed by atoms with Gasteiger partial charge in [0.15, 0.2) is 0 Å². The number of carbonyl (C=O) groups excluding carboxylic acids is 1. The van der Waals surface area contributed by atoms with Crippen LogP contribution in [0.2, 0.25) is 0 Å². The van der Waals surface area contributed by atoms with Crippen molar-refractivity contribution in [2.24, 2.45) is 5.90 Å². The Balaban J connectivity index is 3.07. The lowest BCUT2D eigenvalue weighted by Gasteiger charge is -1.94. The zero-order valence-electron chi connectivity index (χ0n) is 5.81. The highest BCUT2D eigenvalue weighted by Crippen LogP contribution is 2.17. The lowest BCUT2D eigenvalue weighted by atomic mass is 10.2. The largest absolute Gasteiger partial charge is 0.478 e. The number of hydrogen-bond donors (Lipinski definition) is 2. The summed E-state index contributed by atoms with van der Waals surface area (Å²) < 4.78 is 0. The third-order valence-electron chi connectivity index (χ3n) is 1.19. The Morgan fingerprint density at radius 1 is 1.58 bits per heavy atom. The average Bonchev–Trinajstić information content (AvgIpc) is 2.50. The fraction of sp³-hybridized carbons (Fsp3) is 0. The van der Waals surface area contributed by atoms with Crippen LogP contribution in [-0.2, 0) is 4.84 Å². The van der Waals surface area contributed by atoms with Crippen molar-refractivity contribution < 1.29 is 19.5 Å². The molecule has 0 atom stereocenters. The highest BCUT2D eigenvalue weighted by atomic mass is 32.1. The van der Waals surface area contributed by atoms with Crippen LogP contribution in [0.25, 0.3) is 0 Å². The van der Waals surface area contributed by atoms with Crippen LogP contribution in [-0.4, -0.2) is 17.0 Å². The van der Waals surface area contributed by atoms with Gasteiger partial charge in [-0.25, -0.2) is 9.59 Å². The van der Waals surface area contributed by atoms with E-state index in [9.17, 15) is 9.59 Å². The zero-order valence-corrected chi connectivity index (χ0v) is 6.63. The molecular weight excluding hydrogens is 182 g/mol. The quantitative estimate of drug-likeness (QED) is 0.657. The van der Waals surface area contributed by atoms with Gasteiger partial charge >= 0.3 is 11.9 Å². The molecule has 6 heteroatoms. The van der Waals surface area contributed by atoms with Crippen molar-refractivity contribution in [3.8, 4) is 0 Å². The van der Waals surface area contributed by atoms with Crippen LogP contribution in [0.4, 0.5) is 0 Å². The minimum absolute atomic E-state index is 0.00463. The molecule has 3 N–H and O–H groups in total. The number of carboxylic acid groups (broad SMARTS) is 1. The first kappa shape index (κ1) is 8.69. The van der Waals surface area contributed by atoms with Gasteiger partial charge in [-0.3, -0.25) is 0 Å². The molecule has 0 spiro atoms. The molecule has 1 aromatic heterocycles. The molecule has 0 aliphatic heterocycles. The van der Waals surface area contributed by atoms with Gasteiger partial charge in [-0.2, -0.15) is 5.90 Å². The van der Waals surface area contributed by atoms with Crippen LogP contribution in [0.5, 0.6) is 0 Å². The van der Waals surface area contributed by atoms with E-state index in [-0.39, 0.29) is 10.4 Å². The Morgan fingerprint density at radius 3 is 2.75 bits per heavy atom. The molecule has 0 aliphatic rings. The number of thiophene rings is 1. The third-order valence-corrected chi connectivity index (χ3v) is 2.08. The predicted octanol–water partition coefficient (Wildman–Crippen LogP) is 0.477. The monoisotopic (exact) mass is 187 g/mol. The summed E-state index contributed by atoms with van der Waals surface area (Å²) in [5, 5.41) is 10.0. The summed E-state index contributed by atoms with van der Waals surface area (Å²) in [4.78, 5) is 25.2. The van der Waals surface area contributed by atoms with Crippen molar-refractivity contribution in [3.63, 3.8) is 0 Å². The summed E-state index contributed by atoms with van der Waals surface area (Å²) in [5.41, 5.74) is -0.0875. The van der Waals surface area contributed by atoms with Gasteiger partial charge in [0.2, 0.25) is 0 Å². The molecule has 1 aromatic rings. The molecule has 0 fully saturated rings. The molecule has 0 saturated carbocycles. The number of nitrogens with two attached hydrogens (primary N) is 1. The van der Waals surface area contributed by atoms with Gasteiger partial charge < -0.3 is 9.94 Å². The molecule has 1 rings (SSSR count). The Kier molecular flexibility index (Phi) is 2.41. The van der Waals surface area contributed by atoms with Crippen molar-refractivity contribution in [1.29, 1.82) is 0 Å². The van der Waals surface area contributed by atoms with Crippen LogP contribution in [0, 0.1) is 0 Å². The molecule has 12 heavy (non-hydrogen) atoms. The average molecular weight is 187 g/mol. The van der Waals surface area contributed by atoms with Crippen molar-refractivity contribution in [2.75, 3.05) is 0 Å². The molecule has 1 heterocycles. The predicted molar refractivity (Wildman–Crippen MR) is 40.9 cm³/mol. The van der Waals surface area contributed by atoms with E-state index in [1.807, 2.05) is 0 Å². The number of carboxylic acids is 1. The first-order valence-corrected chi connectivity index (χ1v) is 3.76. The Hall–Kier alpha value is -1.40. The van der Waals surface area contributed by atoms with Crippen molar-refractivity contribution >= 4 is 23.3 Å². The molecule has 5 nitrogen and oxygen atoms in total. The van der Waals surface area contributed by atoms with E-state index < -0.39 is 11.9 Å². The molecule has 64 valence electrons. The Morgan fingerprint density at radius 2 is 2.25 bits per heavy atom. The van der Waals surface area contributed by atoms with E-state index in [4.69, 9.17) is 5.11 Å². The molecule has 0 aromatic carbocycles. The van der Waals surface area contributed by atoms with Gasteiger partial charge in [-0.05, 0) is 11.4 Å². The number of carbonyl (C=O) groups is 2. The summed E-state index contributed by atoms with van der Waals surface area (Å²) in [7, 11) is 0. The SMILES string of the molecule is NOC(=O)c1sccc1C(=O)O. The number of aromatic carboxylic acids is 1. The Labute approximate surface area is 71.3 Å². The van der Waals surface area contributed by atoms with Crippen LogP contribution in [0.3, 0.4) is 0 Å². The van der Waals surface area contributed by atoms with E-state index in [2.05, 4.69) is 10.7 Å². The first-order chi connectivity index (χ1) is 5.66. The number of rotatable bonds is 2. The van der Waals surface area contributed by atoms with Crippen LogP contribution in [0.1, 0.15) is 20.0 Å². The van der Waals surface area contributed by atoms with Gasteiger partial charge in [0.1, 0.15) is 4.88 Å². The van der Waals surface area contributed by atoms with Gasteiger partial charge in [0.25, 0.3) is 0 Å². The second kappa shape index (κ2) is 3.33. The minimum Gasteiger partial charge on any atom is -0.478 e. The van der Waals surface area contributed by atoms with Crippen molar-refractivity contribution in [3.05, 3.63) is 21.9 Å². The maximum absolute atomic E-state index is 10.8. The van der Waals surface area contributed by atoms with Crippen molar-refractivity contribution in [1.82, 2.24) is 0 Å². The molecule has 0 unspecified atom stereocenters. The summed E-state index contributed by atoms with van der Waals surface area (Å²) in [6.07, 6.45) is 0. The second-order valence-electron chi connectivity index (χ2n) is 1.87. The van der Waals surface area contributed by atoms with Gasteiger partial charge in [-0.1, -0.05) is 0 Å². The highest BCUT2D eigenvalue weighted by Gasteiger charge is 2.18. The summed E-state index contributed by atoms with van der Waals surface area (Å²) in [6.45, 7) is 0. The van der Waals surface area contributed by atoms with Crippen LogP contribution in [0.15, 0.2) is 11.4 Å². The lowest BCUT2D eigenvalue weighted by Crippen LogP contribution is -2.12. The highest BCUT2D eigenvalue weighted by molar-refractivity contribution is 7.12. The molecular formula is C6H5NO4S. The summed E-state index contributed by atoms with van der Waals surface area (Å²) in [6, 6.07) is 1.32. The first-order valence-electron chi connectivity index (χ1n) is 2.88. The standard InChI is InChI=1S/C6H5NO4S/c7-11-6(10)4-3(5(8)9)1-2-12-4/h1-2H,7H2,(H,8,9). The second-order valence-corrected chi connectivity index (χ2v) is 2.79. The van der Waals surface area contributed by atoms with E-state index in [0.717, 1.165) is 11.3 Å². The fourth-order valence-corrected chi connectivity index (χ4v) is 1.46. The molecule has 0 amide bonds. The zero-order chi connectivity index (χ0) is 9.14. The maximum Gasteiger partial charge on any atom is 0.367 e. The minimum atomic E-state index is -1.17. The maximum atomic E-state index is 10.8. The van der Waals surface area contributed by atoms with E-state index in [1.54, 1.807) is 0 Å². The molecule has 0 radical (unpaired) electrons. The van der Waals surface area contributed by atoms with E-state index >= 15 is 0 Å². The normalized spacial score (nSPS) is 9.42. The number of hydrogen-bond acceptors (Lipinski definition) is 5. The smallest absolute Gasteiger partial charge is 0.367 e. The molecule has 0 bridgehead atoms. The lowest BCUT2D eigenvalue weighted by molar-refractivity contribution is 0.0499. The summed E-state index contributed by atoms with van der Waals surface area (Å²) in [5.74, 6) is 2.60. The topological polar surface area (TPSA) is 89.6 Å². The van der Waals surface area contributed by atoms with E-state index in [1.165, 1.54) is 11.4 Å². The fourth-order valence-electron chi connectivity index (χ4n) is 0.689. The van der Waals surface area contributed by atoms with E-state index in [0.29, 0.717) is 0 Å². The molecule has 0 saturated heterocycles. The third kappa shape index (κ3) is 1.44. The Bertz CT molecular complexity index is 319. The van der Waals surface area contributed by atoms with Gasteiger partial charge in [0, 0.05) is 0 Å². The van der Waals surface area contributed by atoms with Crippen molar-refractivity contribution in [2.45, 2.75) is 0 Å². The van der Waals surface area contributed by atoms with Gasteiger partial charge in [0.05, 0.1) is 5.56 Å².